The molecule has 0 heterocycles. The maximum Gasteiger partial charge on any atom is 0.242 e. The monoisotopic (exact) mass is 400 g/mol. The van der Waals surface area contributed by atoms with Crippen LogP contribution in [0.3, 0.4) is 0 Å². The maximum atomic E-state index is 12.0. The Morgan fingerprint density at radius 3 is 2.28 bits per heavy atom. The molecule has 0 aromatic heterocycles. The number of nitrogens with zero attached hydrogens (tertiary/aromatic N) is 1. The van der Waals surface area contributed by atoms with E-state index in [1.54, 1.807) is 30.3 Å². The second kappa shape index (κ2) is 8.19. The molecule has 0 saturated heterocycles. The molecule has 1 N–H and O–H groups in total. The van der Waals surface area contributed by atoms with Gasteiger partial charge in [0.15, 0.2) is 0 Å². The van der Waals surface area contributed by atoms with E-state index in [0.29, 0.717) is 22.2 Å². The molecule has 0 spiro atoms. The first kappa shape index (κ1) is 19.7. The van der Waals surface area contributed by atoms with Gasteiger partial charge in [0.25, 0.3) is 0 Å². The largest absolute Gasteiger partial charge is 0.326 e. The lowest BCUT2D eigenvalue weighted by atomic mass is 10.1. The topological polar surface area (TPSA) is 66.5 Å². The molecule has 0 atom stereocenters. The summed E-state index contributed by atoms with van der Waals surface area (Å²) in [7, 11) is -0.551. The van der Waals surface area contributed by atoms with Gasteiger partial charge >= 0.3 is 0 Å². The van der Waals surface area contributed by atoms with Crippen LogP contribution in [-0.2, 0) is 21.2 Å². The lowest BCUT2D eigenvalue weighted by Gasteiger charge is -2.12. The average molecular weight is 401 g/mol. The Labute approximate surface area is 157 Å². The number of sulfonamides is 1. The third-order valence-electron chi connectivity index (χ3n) is 3.55. The number of carbonyl (C=O) groups excluding carboxylic acids is 1. The smallest absolute Gasteiger partial charge is 0.242 e. The summed E-state index contributed by atoms with van der Waals surface area (Å²) < 4.78 is 25.1. The van der Waals surface area contributed by atoms with E-state index in [4.69, 9.17) is 23.2 Å². The van der Waals surface area contributed by atoms with Gasteiger partial charge in [0.2, 0.25) is 15.9 Å². The zero-order valence-corrected chi connectivity index (χ0v) is 16.1. The second-order valence-corrected chi connectivity index (χ2v) is 8.59. The molecule has 0 aliphatic carbocycles. The van der Waals surface area contributed by atoms with Gasteiger partial charge in [-0.15, -0.1) is 0 Å². The van der Waals surface area contributed by atoms with E-state index >= 15 is 0 Å². The maximum absolute atomic E-state index is 12.0. The molecule has 2 rings (SSSR count). The van der Waals surface area contributed by atoms with Gasteiger partial charge < -0.3 is 5.32 Å². The molecule has 0 bridgehead atoms. The number of aryl methyl sites for hydroxylation is 1. The van der Waals surface area contributed by atoms with E-state index in [-0.39, 0.29) is 17.2 Å². The molecule has 0 radical (unpaired) electrons. The fourth-order valence-corrected chi connectivity index (χ4v) is 3.52. The molecule has 0 aliphatic heterocycles. The van der Waals surface area contributed by atoms with Crippen molar-refractivity contribution in [3.05, 3.63) is 58.1 Å². The van der Waals surface area contributed by atoms with Crippen LogP contribution in [-0.4, -0.2) is 32.7 Å². The van der Waals surface area contributed by atoms with Crippen molar-refractivity contribution in [2.24, 2.45) is 0 Å². The van der Waals surface area contributed by atoms with Gasteiger partial charge in [-0.05, 0) is 48.4 Å². The van der Waals surface area contributed by atoms with E-state index in [1.807, 2.05) is 0 Å². The van der Waals surface area contributed by atoms with E-state index in [1.165, 1.54) is 26.2 Å². The molecular weight excluding hydrogens is 383 g/mol. The predicted octanol–water partition coefficient (Wildman–Crippen LogP) is 3.82. The van der Waals surface area contributed by atoms with Gasteiger partial charge in [0.05, 0.1) is 4.90 Å². The van der Waals surface area contributed by atoms with Crippen LogP contribution in [0.5, 0.6) is 0 Å². The summed E-state index contributed by atoms with van der Waals surface area (Å²) in [5.41, 5.74) is 1.37. The van der Waals surface area contributed by atoms with E-state index in [9.17, 15) is 13.2 Å². The standard InChI is InChI=1S/C17H18Cl2N2O3S/c1-21(2)25(23,24)15-8-6-14(7-9-15)20-17(22)10-4-12-3-5-13(18)11-16(12)19/h3,5-9,11H,4,10H2,1-2H3,(H,20,22). The highest BCUT2D eigenvalue weighted by Crippen LogP contribution is 2.22. The van der Waals surface area contributed by atoms with Crippen LogP contribution in [0, 0.1) is 0 Å². The quantitative estimate of drug-likeness (QED) is 0.801. The summed E-state index contributed by atoms with van der Waals surface area (Å²) in [5, 5.41) is 3.81. The van der Waals surface area contributed by atoms with Crippen molar-refractivity contribution >= 4 is 44.8 Å². The Balaban J connectivity index is 1.97. The number of nitrogens with one attached hydrogen (secondary N) is 1. The van der Waals surface area contributed by atoms with Gasteiger partial charge in [-0.3, -0.25) is 4.79 Å². The fraction of sp³-hybridized carbons (Fsp3) is 0.235. The molecule has 5 nitrogen and oxygen atoms in total. The first-order valence-electron chi connectivity index (χ1n) is 7.46. The Kier molecular flexibility index (Phi) is 6.46. The van der Waals surface area contributed by atoms with Crippen molar-refractivity contribution < 1.29 is 13.2 Å². The summed E-state index contributed by atoms with van der Waals surface area (Å²) in [5.74, 6) is -0.186. The molecule has 0 unspecified atom stereocenters. The molecule has 0 fully saturated rings. The minimum Gasteiger partial charge on any atom is -0.326 e. The SMILES string of the molecule is CN(C)S(=O)(=O)c1ccc(NC(=O)CCc2ccc(Cl)cc2Cl)cc1. The Bertz CT molecular complexity index is 866. The fourth-order valence-electron chi connectivity index (χ4n) is 2.12. The number of amides is 1. The Morgan fingerprint density at radius 1 is 1.08 bits per heavy atom. The molecule has 8 heteroatoms. The van der Waals surface area contributed by atoms with Crippen LogP contribution < -0.4 is 5.32 Å². The van der Waals surface area contributed by atoms with Crippen LogP contribution in [0.2, 0.25) is 10.0 Å². The zero-order chi connectivity index (χ0) is 18.6. The highest BCUT2D eigenvalue weighted by molar-refractivity contribution is 7.89. The van der Waals surface area contributed by atoms with E-state index in [0.717, 1.165) is 9.87 Å². The normalized spacial score (nSPS) is 11.6. The predicted molar refractivity (Wildman–Crippen MR) is 101 cm³/mol. The van der Waals surface area contributed by atoms with Gasteiger partial charge in [0, 0.05) is 36.2 Å². The Hall–Kier alpha value is -1.60. The van der Waals surface area contributed by atoms with Crippen LogP contribution in [0.15, 0.2) is 47.4 Å². The van der Waals surface area contributed by atoms with Crippen molar-refractivity contribution in [1.29, 1.82) is 0 Å². The van der Waals surface area contributed by atoms with E-state index in [2.05, 4.69) is 5.32 Å². The lowest BCUT2D eigenvalue weighted by Crippen LogP contribution is -2.22. The number of halogens is 2. The number of benzene rings is 2. The summed E-state index contributed by atoms with van der Waals surface area (Å²) >= 11 is 11.9. The molecule has 25 heavy (non-hydrogen) atoms. The van der Waals surface area contributed by atoms with Crippen LogP contribution >= 0.6 is 23.2 Å². The van der Waals surface area contributed by atoms with Crippen molar-refractivity contribution in [2.75, 3.05) is 19.4 Å². The minimum atomic E-state index is -3.48. The zero-order valence-electron chi connectivity index (χ0n) is 13.8. The lowest BCUT2D eigenvalue weighted by molar-refractivity contribution is -0.116. The van der Waals surface area contributed by atoms with E-state index < -0.39 is 10.0 Å². The molecule has 1 amide bonds. The number of rotatable bonds is 6. The summed E-state index contributed by atoms with van der Waals surface area (Å²) in [6.07, 6.45) is 0.730. The molecular formula is C17H18Cl2N2O3S. The minimum absolute atomic E-state index is 0.170. The van der Waals surface area contributed by atoms with Crippen LogP contribution in [0.4, 0.5) is 5.69 Å². The first-order valence-corrected chi connectivity index (χ1v) is 9.66. The highest BCUT2D eigenvalue weighted by Gasteiger charge is 2.16. The van der Waals surface area contributed by atoms with Crippen molar-refractivity contribution in [3.8, 4) is 0 Å². The van der Waals surface area contributed by atoms with Gasteiger partial charge in [0.1, 0.15) is 0 Å². The van der Waals surface area contributed by atoms with Gasteiger partial charge in [-0.25, -0.2) is 12.7 Å². The van der Waals surface area contributed by atoms with Gasteiger partial charge in [-0.2, -0.15) is 0 Å². The second-order valence-electron chi connectivity index (χ2n) is 5.60. The number of anilines is 1. The van der Waals surface area contributed by atoms with Gasteiger partial charge in [-0.1, -0.05) is 29.3 Å². The number of hydrogen-bond acceptors (Lipinski definition) is 3. The third-order valence-corrected chi connectivity index (χ3v) is 5.97. The summed E-state index contributed by atoms with van der Waals surface area (Å²) in [6, 6.07) is 11.2. The van der Waals surface area contributed by atoms with Crippen molar-refractivity contribution in [2.45, 2.75) is 17.7 Å². The van der Waals surface area contributed by atoms with Crippen molar-refractivity contribution in [1.82, 2.24) is 4.31 Å². The summed E-state index contributed by atoms with van der Waals surface area (Å²) in [6.45, 7) is 0. The van der Waals surface area contributed by atoms with Crippen LogP contribution in [0.25, 0.3) is 0 Å². The highest BCUT2D eigenvalue weighted by atomic mass is 35.5. The molecule has 2 aromatic rings. The van der Waals surface area contributed by atoms with Crippen molar-refractivity contribution in [3.63, 3.8) is 0 Å². The first-order chi connectivity index (χ1) is 11.7. The number of hydrogen-bond donors (Lipinski definition) is 1. The third kappa shape index (κ3) is 5.19. The van der Waals surface area contributed by atoms with Crippen LogP contribution in [0.1, 0.15) is 12.0 Å². The molecule has 0 saturated carbocycles. The molecule has 2 aromatic carbocycles. The number of carbonyl (C=O) groups is 1. The average Bonchev–Trinajstić information content (AvgIpc) is 2.54. The molecule has 0 aliphatic rings. The Morgan fingerprint density at radius 2 is 1.72 bits per heavy atom. The molecule has 134 valence electrons. The summed E-state index contributed by atoms with van der Waals surface area (Å²) in [4.78, 5) is 12.2.